The first-order valence-electron chi connectivity index (χ1n) is 9.88. The van der Waals surface area contributed by atoms with Gasteiger partial charge in [-0.25, -0.2) is 13.6 Å². The van der Waals surface area contributed by atoms with Crippen molar-refractivity contribution in [2.75, 3.05) is 11.9 Å². The molecule has 0 saturated carbocycles. The summed E-state index contributed by atoms with van der Waals surface area (Å²) in [7, 11) is 0. The largest absolute Gasteiger partial charge is 0.481 e. The number of halogens is 2. The minimum atomic E-state index is -1.08. The molecule has 168 valence electrons. The Kier molecular flexibility index (Phi) is 6.50. The third-order valence-corrected chi connectivity index (χ3v) is 5.89. The number of fused-ring (bicyclic) bond motifs is 1. The van der Waals surface area contributed by atoms with Crippen molar-refractivity contribution in [2.24, 2.45) is 5.73 Å². The van der Waals surface area contributed by atoms with Crippen LogP contribution < -0.4 is 15.8 Å². The van der Waals surface area contributed by atoms with Gasteiger partial charge in [0.15, 0.2) is 17.7 Å². The van der Waals surface area contributed by atoms with Crippen molar-refractivity contribution < 1.29 is 23.0 Å². The monoisotopic (exact) mass is 467 g/mol. The van der Waals surface area contributed by atoms with E-state index in [-0.39, 0.29) is 18.1 Å². The van der Waals surface area contributed by atoms with Gasteiger partial charge in [0.1, 0.15) is 18.2 Å². The second-order valence-electron chi connectivity index (χ2n) is 7.06. The summed E-state index contributed by atoms with van der Waals surface area (Å²) >= 11 is 1.38. The lowest BCUT2D eigenvalue weighted by Crippen LogP contribution is -2.21. The summed E-state index contributed by atoms with van der Waals surface area (Å²) in [4.78, 5) is 12.9. The molecule has 1 unspecified atom stereocenters. The summed E-state index contributed by atoms with van der Waals surface area (Å²) in [6.45, 7) is -0.139. The highest BCUT2D eigenvalue weighted by molar-refractivity contribution is 7.20. The van der Waals surface area contributed by atoms with Crippen molar-refractivity contribution in [3.8, 4) is 5.75 Å². The van der Waals surface area contributed by atoms with Crippen LogP contribution in [0.5, 0.6) is 5.75 Å². The number of anilines is 1. The van der Waals surface area contributed by atoms with Gasteiger partial charge in [0.05, 0.1) is 4.88 Å². The van der Waals surface area contributed by atoms with Gasteiger partial charge in [-0.2, -0.15) is 0 Å². The molecule has 0 aliphatic heterocycles. The number of carbonyl (C=O) groups excluding carboxylic acids is 1. The molecule has 0 spiro atoms. The van der Waals surface area contributed by atoms with Crippen LogP contribution in [0.3, 0.4) is 0 Å². The number of nitrogens with two attached hydrogens (primary N) is 1. The van der Waals surface area contributed by atoms with Gasteiger partial charge in [-0.3, -0.25) is 10.7 Å². The lowest BCUT2D eigenvalue weighted by atomic mass is 10.1. The number of thiophene rings is 1. The fraction of sp³-hybridized carbons (Fsp3) is 0.0833. The average molecular weight is 467 g/mol. The highest BCUT2D eigenvalue weighted by Gasteiger charge is 2.19. The van der Waals surface area contributed by atoms with Crippen LogP contribution in [0.1, 0.15) is 16.5 Å². The normalized spacial score (nSPS) is 11.7. The quantitative estimate of drug-likeness (QED) is 0.235. The van der Waals surface area contributed by atoms with Gasteiger partial charge in [-0.05, 0) is 35.9 Å². The zero-order valence-electron chi connectivity index (χ0n) is 17.2. The highest BCUT2D eigenvalue weighted by atomic mass is 32.1. The number of benzene rings is 3. The zero-order valence-corrected chi connectivity index (χ0v) is 18.0. The van der Waals surface area contributed by atoms with Crippen molar-refractivity contribution in [1.82, 2.24) is 0 Å². The highest BCUT2D eigenvalue weighted by Crippen LogP contribution is 2.35. The van der Waals surface area contributed by atoms with E-state index in [9.17, 15) is 13.6 Å². The van der Waals surface area contributed by atoms with Gasteiger partial charge in [-0.1, -0.05) is 36.4 Å². The van der Waals surface area contributed by atoms with E-state index in [1.165, 1.54) is 17.4 Å². The number of carbonyl (C=O) groups is 1. The van der Waals surface area contributed by atoms with Gasteiger partial charge in [0.25, 0.3) is 0 Å². The number of nitrogen functional groups attached to an aromatic ring is 1. The third-order valence-electron chi connectivity index (χ3n) is 4.76. The van der Waals surface area contributed by atoms with Gasteiger partial charge in [0, 0.05) is 21.8 Å². The number of amides is 1. The fourth-order valence-electron chi connectivity index (χ4n) is 3.17. The molecular weight excluding hydrogens is 448 g/mol. The Morgan fingerprint density at radius 1 is 1.03 bits per heavy atom. The summed E-state index contributed by atoms with van der Waals surface area (Å²) in [6, 6.07) is 19.5. The minimum absolute atomic E-state index is 0.0287. The van der Waals surface area contributed by atoms with Crippen LogP contribution in [-0.4, -0.2) is 18.5 Å². The SMILES string of the molecule is N=C(N)c1cc2c(OC(COC(=O)Nc3ccc(F)c(F)c3)c3ccccc3)cccc2s1. The topological polar surface area (TPSA) is 97.4 Å². The fourth-order valence-corrected chi connectivity index (χ4v) is 4.11. The molecule has 4 N–H and O–H groups in total. The number of rotatable bonds is 7. The number of hydrogen-bond acceptors (Lipinski definition) is 5. The Morgan fingerprint density at radius 2 is 1.82 bits per heavy atom. The second-order valence-corrected chi connectivity index (χ2v) is 8.15. The molecule has 1 heterocycles. The van der Waals surface area contributed by atoms with Gasteiger partial charge in [0.2, 0.25) is 0 Å². The first kappa shape index (κ1) is 22.2. The molecule has 4 rings (SSSR count). The molecule has 9 heteroatoms. The van der Waals surface area contributed by atoms with E-state index < -0.39 is 23.8 Å². The Morgan fingerprint density at radius 3 is 2.55 bits per heavy atom. The molecule has 0 aliphatic rings. The molecule has 1 atom stereocenters. The van der Waals surface area contributed by atoms with Crippen LogP contribution in [0.15, 0.2) is 72.8 Å². The third kappa shape index (κ3) is 5.27. The van der Waals surface area contributed by atoms with E-state index in [2.05, 4.69) is 5.32 Å². The van der Waals surface area contributed by atoms with E-state index in [1.54, 1.807) is 12.1 Å². The van der Waals surface area contributed by atoms with Crippen LogP contribution in [0.2, 0.25) is 0 Å². The standard InChI is InChI=1S/C24H19F2N3O3S/c25-17-10-9-15(11-18(17)26)29-24(30)31-13-20(14-5-2-1-3-6-14)32-19-7-4-8-21-16(19)12-22(33-21)23(27)28/h1-12,20H,13H2,(H3,27,28)(H,29,30). The molecule has 0 saturated heterocycles. The van der Waals surface area contributed by atoms with Gasteiger partial charge >= 0.3 is 6.09 Å². The summed E-state index contributed by atoms with van der Waals surface area (Å²) in [5, 5.41) is 10.8. The number of ether oxygens (including phenoxy) is 2. The number of nitrogens with one attached hydrogen (secondary N) is 2. The van der Waals surface area contributed by atoms with Gasteiger partial charge < -0.3 is 15.2 Å². The zero-order chi connectivity index (χ0) is 23.4. The summed E-state index contributed by atoms with van der Waals surface area (Å²) in [5.41, 5.74) is 6.47. The van der Waals surface area contributed by atoms with Crippen molar-refractivity contribution in [3.63, 3.8) is 0 Å². The lowest BCUT2D eigenvalue weighted by molar-refractivity contribution is 0.0910. The maximum atomic E-state index is 13.4. The summed E-state index contributed by atoms with van der Waals surface area (Å²) in [6.07, 6.45) is -1.48. The van der Waals surface area contributed by atoms with E-state index in [0.29, 0.717) is 10.6 Å². The van der Waals surface area contributed by atoms with E-state index in [4.69, 9.17) is 20.6 Å². The smallest absolute Gasteiger partial charge is 0.411 e. The first-order chi connectivity index (χ1) is 15.9. The second kappa shape index (κ2) is 9.66. The van der Waals surface area contributed by atoms with E-state index in [0.717, 1.165) is 27.8 Å². The molecule has 4 aromatic rings. The Balaban J connectivity index is 1.53. The predicted octanol–water partition coefficient (Wildman–Crippen LogP) is 5.83. The Bertz CT molecular complexity index is 1310. The summed E-state index contributed by atoms with van der Waals surface area (Å²) < 4.78 is 38.9. The number of hydrogen-bond donors (Lipinski definition) is 3. The number of amidine groups is 1. The van der Waals surface area contributed by atoms with Crippen LogP contribution in [0, 0.1) is 17.0 Å². The Labute approximate surface area is 192 Å². The maximum Gasteiger partial charge on any atom is 0.411 e. The molecule has 3 aromatic carbocycles. The van der Waals surface area contributed by atoms with E-state index in [1.807, 2.05) is 42.5 Å². The molecule has 0 fully saturated rings. The first-order valence-corrected chi connectivity index (χ1v) is 10.7. The molecule has 6 nitrogen and oxygen atoms in total. The van der Waals surface area contributed by atoms with Crippen LogP contribution in [0.25, 0.3) is 10.1 Å². The lowest BCUT2D eigenvalue weighted by Gasteiger charge is -2.20. The molecule has 1 aromatic heterocycles. The summed E-state index contributed by atoms with van der Waals surface area (Å²) in [5.74, 6) is -1.57. The Hall–Kier alpha value is -3.98. The molecule has 0 radical (unpaired) electrons. The minimum Gasteiger partial charge on any atom is -0.481 e. The molecule has 33 heavy (non-hydrogen) atoms. The predicted molar refractivity (Wildman–Crippen MR) is 124 cm³/mol. The van der Waals surface area contributed by atoms with Crippen molar-refractivity contribution >= 4 is 39.0 Å². The van der Waals surface area contributed by atoms with Crippen LogP contribution >= 0.6 is 11.3 Å². The van der Waals surface area contributed by atoms with Crippen molar-refractivity contribution in [1.29, 1.82) is 5.41 Å². The van der Waals surface area contributed by atoms with Gasteiger partial charge in [-0.15, -0.1) is 11.3 Å². The van der Waals surface area contributed by atoms with Crippen LogP contribution in [-0.2, 0) is 4.74 Å². The average Bonchev–Trinajstić information content (AvgIpc) is 3.25. The van der Waals surface area contributed by atoms with E-state index >= 15 is 0 Å². The molecule has 1 amide bonds. The maximum absolute atomic E-state index is 13.4. The van der Waals surface area contributed by atoms with Crippen LogP contribution in [0.4, 0.5) is 19.3 Å². The molecule has 0 bridgehead atoms. The molecule has 0 aliphatic carbocycles. The van der Waals surface area contributed by atoms with Crippen molar-refractivity contribution in [2.45, 2.75) is 6.10 Å². The molecular formula is C24H19F2N3O3S. The van der Waals surface area contributed by atoms with Crippen molar-refractivity contribution in [3.05, 3.63) is 94.9 Å².